The van der Waals surface area contributed by atoms with Gasteiger partial charge in [-0.25, -0.2) is 13.1 Å². The second-order valence-electron chi connectivity index (χ2n) is 2.94. The maximum Gasteiger partial charge on any atom is 0.214 e. The van der Waals surface area contributed by atoms with E-state index in [0.29, 0.717) is 19.8 Å². The lowest BCUT2D eigenvalue weighted by Crippen LogP contribution is -2.30. The third-order valence-electron chi connectivity index (χ3n) is 1.73. The molecule has 0 amide bonds. The fourth-order valence-corrected chi connectivity index (χ4v) is 2.50. The molecule has 0 bridgehead atoms. The van der Waals surface area contributed by atoms with E-state index >= 15 is 0 Å². The van der Waals surface area contributed by atoms with Crippen LogP contribution in [0.1, 0.15) is 12.8 Å². The van der Waals surface area contributed by atoms with Crippen LogP contribution in [0.3, 0.4) is 0 Å². The number of alkyl halides is 1. The molecule has 0 radical (unpaired) electrons. The average molecular weight is 272 g/mol. The maximum absolute atomic E-state index is 11.2. The van der Waals surface area contributed by atoms with Crippen molar-refractivity contribution in [3.63, 3.8) is 0 Å². The van der Waals surface area contributed by atoms with E-state index in [-0.39, 0.29) is 5.25 Å². The van der Waals surface area contributed by atoms with Crippen molar-refractivity contribution in [3.8, 4) is 0 Å². The molecule has 0 unspecified atom stereocenters. The molecular weight excluding hydrogens is 258 g/mol. The molecule has 1 aliphatic rings. The lowest BCUT2D eigenvalue weighted by atomic mass is 10.7. The summed E-state index contributed by atoms with van der Waals surface area (Å²) in [6.07, 6.45) is 1.61. The molecule has 0 saturated heterocycles. The van der Waals surface area contributed by atoms with Gasteiger partial charge in [0, 0.05) is 11.9 Å². The van der Waals surface area contributed by atoms with Crippen LogP contribution in [0.2, 0.25) is 0 Å². The SMILES string of the molecule is O=S(=O)(NCCOCCBr)C1CC1. The van der Waals surface area contributed by atoms with E-state index in [2.05, 4.69) is 20.7 Å². The largest absolute Gasteiger partial charge is 0.379 e. The zero-order chi connectivity index (χ0) is 9.73. The summed E-state index contributed by atoms with van der Waals surface area (Å²) in [6, 6.07) is 0. The smallest absolute Gasteiger partial charge is 0.214 e. The number of nitrogens with one attached hydrogen (secondary N) is 1. The monoisotopic (exact) mass is 271 g/mol. The highest BCUT2D eigenvalue weighted by Gasteiger charge is 2.35. The van der Waals surface area contributed by atoms with Crippen LogP contribution in [0.25, 0.3) is 0 Å². The quantitative estimate of drug-likeness (QED) is 0.542. The predicted molar refractivity (Wildman–Crippen MR) is 54.6 cm³/mol. The minimum Gasteiger partial charge on any atom is -0.379 e. The van der Waals surface area contributed by atoms with Gasteiger partial charge in [0.25, 0.3) is 0 Å². The van der Waals surface area contributed by atoms with Crippen molar-refractivity contribution >= 4 is 26.0 Å². The van der Waals surface area contributed by atoms with Gasteiger partial charge in [-0.1, -0.05) is 15.9 Å². The van der Waals surface area contributed by atoms with Gasteiger partial charge < -0.3 is 4.74 Å². The molecular formula is C7H14BrNO3S. The van der Waals surface area contributed by atoms with E-state index in [0.717, 1.165) is 18.2 Å². The van der Waals surface area contributed by atoms with E-state index in [4.69, 9.17) is 4.74 Å². The summed E-state index contributed by atoms with van der Waals surface area (Å²) >= 11 is 3.21. The molecule has 6 heteroatoms. The molecule has 0 aromatic heterocycles. The predicted octanol–water partition coefficient (Wildman–Crippen LogP) is 0.480. The molecule has 0 spiro atoms. The molecule has 1 rings (SSSR count). The van der Waals surface area contributed by atoms with Gasteiger partial charge in [0.15, 0.2) is 0 Å². The van der Waals surface area contributed by atoms with Gasteiger partial charge in [-0.15, -0.1) is 0 Å². The summed E-state index contributed by atoms with van der Waals surface area (Å²) in [5, 5.41) is 0.645. The maximum atomic E-state index is 11.2. The van der Waals surface area contributed by atoms with Crippen LogP contribution >= 0.6 is 15.9 Å². The van der Waals surface area contributed by atoms with Crippen molar-refractivity contribution in [2.75, 3.05) is 25.1 Å². The molecule has 1 fully saturated rings. The van der Waals surface area contributed by atoms with Gasteiger partial charge >= 0.3 is 0 Å². The van der Waals surface area contributed by atoms with Crippen molar-refractivity contribution < 1.29 is 13.2 Å². The highest BCUT2D eigenvalue weighted by Crippen LogP contribution is 2.27. The first-order chi connectivity index (χ1) is 6.17. The van der Waals surface area contributed by atoms with Crippen molar-refractivity contribution in [3.05, 3.63) is 0 Å². The normalized spacial score (nSPS) is 17.6. The summed E-state index contributed by atoms with van der Waals surface area (Å²) in [5.41, 5.74) is 0. The Hall–Kier alpha value is 0.350. The van der Waals surface area contributed by atoms with Gasteiger partial charge in [0.05, 0.1) is 18.5 Å². The molecule has 1 aliphatic carbocycles. The Morgan fingerprint density at radius 2 is 2.08 bits per heavy atom. The van der Waals surface area contributed by atoms with Gasteiger partial charge in [-0.2, -0.15) is 0 Å². The molecule has 1 saturated carbocycles. The lowest BCUT2D eigenvalue weighted by Gasteiger charge is -2.04. The van der Waals surface area contributed by atoms with E-state index < -0.39 is 10.0 Å². The number of ether oxygens (including phenoxy) is 1. The van der Waals surface area contributed by atoms with Gasteiger partial charge in [-0.3, -0.25) is 0 Å². The molecule has 0 aromatic rings. The molecule has 0 heterocycles. The van der Waals surface area contributed by atoms with Gasteiger partial charge in [0.2, 0.25) is 10.0 Å². The van der Waals surface area contributed by atoms with Crippen LogP contribution in [-0.4, -0.2) is 38.8 Å². The minimum absolute atomic E-state index is 0.135. The Morgan fingerprint density at radius 1 is 1.38 bits per heavy atom. The van der Waals surface area contributed by atoms with Crippen LogP contribution in [-0.2, 0) is 14.8 Å². The first-order valence-electron chi connectivity index (χ1n) is 4.29. The van der Waals surface area contributed by atoms with Crippen LogP contribution in [0.15, 0.2) is 0 Å². The minimum atomic E-state index is -3.02. The Morgan fingerprint density at radius 3 is 2.62 bits per heavy atom. The summed E-state index contributed by atoms with van der Waals surface area (Å²) in [6.45, 7) is 1.44. The number of rotatable bonds is 7. The first kappa shape index (κ1) is 11.4. The molecule has 0 atom stereocenters. The van der Waals surface area contributed by atoms with Crippen LogP contribution in [0.4, 0.5) is 0 Å². The number of sulfonamides is 1. The Kier molecular flexibility index (Phi) is 4.64. The van der Waals surface area contributed by atoms with Gasteiger partial charge in [0.1, 0.15) is 0 Å². The Labute approximate surface area is 87.2 Å². The molecule has 4 nitrogen and oxygen atoms in total. The average Bonchev–Trinajstić information content (AvgIpc) is 2.86. The van der Waals surface area contributed by atoms with E-state index in [1.807, 2.05) is 0 Å². The summed E-state index contributed by atoms with van der Waals surface area (Å²) in [5.74, 6) is 0. The summed E-state index contributed by atoms with van der Waals surface area (Å²) in [4.78, 5) is 0. The number of hydrogen-bond acceptors (Lipinski definition) is 3. The van der Waals surface area contributed by atoms with Crippen molar-refractivity contribution in [2.24, 2.45) is 0 Å². The first-order valence-corrected chi connectivity index (χ1v) is 6.96. The topological polar surface area (TPSA) is 55.4 Å². The fraction of sp³-hybridized carbons (Fsp3) is 1.00. The number of hydrogen-bond donors (Lipinski definition) is 1. The third-order valence-corrected chi connectivity index (χ3v) is 4.01. The van der Waals surface area contributed by atoms with Crippen molar-refractivity contribution in [2.45, 2.75) is 18.1 Å². The molecule has 0 aromatic carbocycles. The Balaban J connectivity index is 2.04. The van der Waals surface area contributed by atoms with Crippen molar-refractivity contribution in [1.82, 2.24) is 4.72 Å². The fourth-order valence-electron chi connectivity index (χ4n) is 0.909. The van der Waals surface area contributed by atoms with Crippen LogP contribution < -0.4 is 4.72 Å². The second-order valence-corrected chi connectivity index (χ2v) is 5.78. The second kappa shape index (κ2) is 5.29. The van der Waals surface area contributed by atoms with E-state index in [1.54, 1.807) is 0 Å². The lowest BCUT2D eigenvalue weighted by molar-refractivity contribution is 0.156. The zero-order valence-electron chi connectivity index (χ0n) is 7.33. The van der Waals surface area contributed by atoms with Gasteiger partial charge in [-0.05, 0) is 12.8 Å². The molecule has 13 heavy (non-hydrogen) atoms. The third kappa shape index (κ3) is 4.39. The zero-order valence-corrected chi connectivity index (χ0v) is 9.73. The number of halogens is 1. The molecule has 1 N–H and O–H groups in total. The highest BCUT2D eigenvalue weighted by molar-refractivity contribution is 9.09. The highest BCUT2D eigenvalue weighted by atomic mass is 79.9. The standard InChI is InChI=1S/C7H14BrNO3S/c8-3-5-12-6-4-9-13(10,11)7-1-2-7/h7,9H,1-6H2. The molecule has 78 valence electrons. The van der Waals surface area contributed by atoms with Crippen molar-refractivity contribution in [1.29, 1.82) is 0 Å². The molecule has 0 aliphatic heterocycles. The Bertz CT molecular complexity index is 238. The van der Waals surface area contributed by atoms with E-state index in [9.17, 15) is 8.42 Å². The van der Waals surface area contributed by atoms with E-state index in [1.165, 1.54) is 0 Å². The van der Waals surface area contributed by atoms with Crippen LogP contribution in [0.5, 0.6) is 0 Å². The summed E-state index contributed by atoms with van der Waals surface area (Å²) < 4.78 is 30.1. The summed E-state index contributed by atoms with van der Waals surface area (Å²) in [7, 11) is -3.02. The van der Waals surface area contributed by atoms with Crippen LogP contribution in [0, 0.1) is 0 Å².